The highest BCUT2D eigenvalue weighted by atomic mass is 32.1. The van der Waals surface area contributed by atoms with Crippen LogP contribution in [0.1, 0.15) is 25.7 Å². The molecule has 1 N–H and O–H groups in total. The van der Waals surface area contributed by atoms with Crippen LogP contribution in [-0.4, -0.2) is 30.0 Å². The summed E-state index contributed by atoms with van der Waals surface area (Å²) in [6.07, 6.45) is 5.41. The van der Waals surface area contributed by atoms with E-state index in [-0.39, 0.29) is 0 Å². The van der Waals surface area contributed by atoms with Gasteiger partial charge < -0.3 is 10.2 Å². The normalized spacial score (nSPS) is 20.7. The Kier molecular flexibility index (Phi) is 3.36. The van der Waals surface area contributed by atoms with Crippen LogP contribution in [0, 0.1) is 5.92 Å². The van der Waals surface area contributed by atoms with Crippen LogP contribution in [0.3, 0.4) is 0 Å². The lowest BCUT2D eigenvalue weighted by Gasteiger charge is -2.32. The molecule has 0 radical (unpaired) electrons. The standard InChI is InChI=1S/C16H21N3S/c1-2-4-15-14(3-1)16(20-18-15)19-9-7-12(8-10-19)11-17-13-5-6-13/h1-4,12-13,17H,5-11H2. The molecule has 1 aromatic heterocycles. The van der Waals surface area contributed by atoms with Gasteiger partial charge in [0.2, 0.25) is 0 Å². The molecule has 2 aliphatic rings. The van der Waals surface area contributed by atoms with E-state index in [2.05, 4.69) is 38.9 Å². The summed E-state index contributed by atoms with van der Waals surface area (Å²) in [6.45, 7) is 3.59. The Bertz CT molecular complexity index is 582. The zero-order valence-electron chi connectivity index (χ0n) is 11.7. The predicted molar refractivity (Wildman–Crippen MR) is 85.6 cm³/mol. The molecule has 2 fully saturated rings. The van der Waals surface area contributed by atoms with Crippen LogP contribution >= 0.6 is 11.5 Å². The highest BCUT2D eigenvalue weighted by molar-refractivity contribution is 7.11. The molecule has 106 valence electrons. The highest BCUT2D eigenvalue weighted by Crippen LogP contribution is 2.33. The number of fused-ring (bicyclic) bond motifs is 1. The first-order valence-electron chi connectivity index (χ1n) is 7.73. The van der Waals surface area contributed by atoms with Crippen molar-refractivity contribution in [3.8, 4) is 0 Å². The van der Waals surface area contributed by atoms with Crippen LogP contribution in [-0.2, 0) is 0 Å². The Hall–Kier alpha value is -1.13. The molecule has 4 heteroatoms. The maximum Gasteiger partial charge on any atom is 0.119 e. The summed E-state index contributed by atoms with van der Waals surface area (Å²) in [7, 11) is 0. The van der Waals surface area contributed by atoms with Crippen LogP contribution in [0.2, 0.25) is 0 Å². The summed E-state index contributed by atoms with van der Waals surface area (Å²) in [5.74, 6) is 0.867. The fraction of sp³-hybridized carbons (Fsp3) is 0.562. The SMILES string of the molecule is c1ccc2c(N3CCC(CNC4CC4)CC3)snc2c1. The van der Waals surface area contributed by atoms with Gasteiger partial charge in [0, 0.05) is 24.5 Å². The summed E-state index contributed by atoms with van der Waals surface area (Å²) < 4.78 is 4.57. The molecule has 20 heavy (non-hydrogen) atoms. The van der Waals surface area contributed by atoms with Gasteiger partial charge in [-0.2, -0.15) is 4.37 Å². The van der Waals surface area contributed by atoms with Gasteiger partial charge in [-0.25, -0.2) is 0 Å². The Morgan fingerprint density at radius 3 is 2.75 bits per heavy atom. The van der Waals surface area contributed by atoms with Crippen molar-refractivity contribution in [3.05, 3.63) is 24.3 Å². The lowest BCUT2D eigenvalue weighted by Crippen LogP contribution is -2.37. The fourth-order valence-electron chi connectivity index (χ4n) is 3.06. The van der Waals surface area contributed by atoms with Gasteiger partial charge in [-0.1, -0.05) is 12.1 Å². The molecule has 2 heterocycles. The zero-order valence-corrected chi connectivity index (χ0v) is 12.5. The van der Waals surface area contributed by atoms with Crippen LogP contribution in [0.4, 0.5) is 5.00 Å². The quantitative estimate of drug-likeness (QED) is 0.935. The second kappa shape index (κ2) is 5.34. The monoisotopic (exact) mass is 287 g/mol. The minimum absolute atomic E-state index is 0.846. The van der Waals surface area contributed by atoms with Crippen molar-refractivity contribution in [2.45, 2.75) is 31.7 Å². The van der Waals surface area contributed by atoms with E-state index >= 15 is 0 Å². The van der Waals surface area contributed by atoms with Crippen molar-refractivity contribution in [2.24, 2.45) is 5.92 Å². The molecule has 2 aromatic rings. The van der Waals surface area contributed by atoms with E-state index in [9.17, 15) is 0 Å². The van der Waals surface area contributed by atoms with Crippen LogP contribution < -0.4 is 10.2 Å². The van der Waals surface area contributed by atoms with Gasteiger partial charge >= 0.3 is 0 Å². The first kappa shape index (κ1) is 12.6. The minimum atomic E-state index is 0.846. The van der Waals surface area contributed by atoms with Crippen LogP contribution in [0.25, 0.3) is 10.9 Å². The minimum Gasteiger partial charge on any atom is -0.362 e. The van der Waals surface area contributed by atoms with Gasteiger partial charge in [0.25, 0.3) is 0 Å². The Labute approximate surface area is 124 Å². The Morgan fingerprint density at radius 2 is 1.95 bits per heavy atom. The molecule has 0 bridgehead atoms. The third-order valence-corrected chi connectivity index (χ3v) is 5.48. The molecule has 4 rings (SSSR count). The number of nitrogens with zero attached hydrogens (tertiary/aromatic N) is 2. The van der Waals surface area contributed by atoms with Gasteiger partial charge in [-0.15, -0.1) is 0 Å². The largest absolute Gasteiger partial charge is 0.362 e. The van der Waals surface area contributed by atoms with Crippen molar-refractivity contribution in [1.29, 1.82) is 0 Å². The van der Waals surface area contributed by atoms with E-state index in [4.69, 9.17) is 0 Å². The average Bonchev–Trinajstić information content (AvgIpc) is 3.23. The molecule has 1 saturated heterocycles. The van der Waals surface area contributed by atoms with Crippen molar-refractivity contribution < 1.29 is 0 Å². The number of hydrogen-bond donors (Lipinski definition) is 1. The molecule has 0 spiro atoms. The number of piperidine rings is 1. The highest BCUT2D eigenvalue weighted by Gasteiger charge is 2.25. The fourth-order valence-corrected chi connectivity index (χ4v) is 3.98. The molecule has 1 aliphatic heterocycles. The molecule has 1 saturated carbocycles. The summed E-state index contributed by atoms with van der Waals surface area (Å²) in [5, 5.41) is 6.37. The molecule has 1 aromatic carbocycles. The average molecular weight is 287 g/mol. The third kappa shape index (κ3) is 2.54. The number of rotatable bonds is 4. The van der Waals surface area contributed by atoms with Gasteiger partial charge in [-0.3, -0.25) is 0 Å². The third-order valence-electron chi connectivity index (χ3n) is 4.54. The Balaban J connectivity index is 1.40. The first-order chi connectivity index (χ1) is 9.90. The second-order valence-electron chi connectivity index (χ2n) is 6.12. The molecule has 1 aliphatic carbocycles. The number of nitrogens with one attached hydrogen (secondary N) is 1. The summed E-state index contributed by atoms with van der Waals surface area (Å²) in [5.41, 5.74) is 1.14. The topological polar surface area (TPSA) is 28.2 Å². The maximum absolute atomic E-state index is 4.57. The molecule has 0 amide bonds. The predicted octanol–water partition coefficient (Wildman–Crippen LogP) is 3.26. The van der Waals surface area contributed by atoms with E-state index in [1.807, 2.05) is 0 Å². The van der Waals surface area contributed by atoms with Gasteiger partial charge in [-0.05, 0) is 61.8 Å². The lowest BCUT2D eigenvalue weighted by atomic mass is 9.97. The maximum atomic E-state index is 4.57. The van der Waals surface area contributed by atoms with Crippen molar-refractivity contribution in [1.82, 2.24) is 9.69 Å². The van der Waals surface area contributed by atoms with Crippen molar-refractivity contribution in [3.63, 3.8) is 0 Å². The summed E-state index contributed by atoms with van der Waals surface area (Å²) >= 11 is 1.66. The molecular formula is C16H21N3S. The lowest BCUT2D eigenvalue weighted by molar-refractivity contribution is 0.383. The van der Waals surface area contributed by atoms with E-state index < -0.39 is 0 Å². The first-order valence-corrected chi connectivity index (χ1v) is 8.50. The van der Waals surface area contributed by atoms with Crippen molar-refractivity contribution in [2.75, 3.05) is 24.5 Å². The molecule has 0 atom stereocenters. The smallest absolute Gasteiger partial charge is 0.119 e. The molecule has 0 unspecified atom stereocenters. The number of hydrogen-bond acceptors (Lipinski definition) is 4. The van der Waals surface area contributed by atoms with E-state index in [1.165, 1.54) is 55.7 Å². The number of aromatic nitrogens is 1. The second-order valence-corrected chi connectivity index (χ2v) is 6.87. The summed E-state index contributed by atoms with van der Waals surface area (Å²) in [6, 6.07) is 9.35. The summed E-state index contributed by atoms with van der Waals surface area (Å²) in [4.78, 5) is 2.54. The van der Waals surface area contributed by atoms with Crippen LogP contribution in [0.5, 0.6) is 0 Å². The van der Waals surface area contributed by atoms with E-state index in [0.717, 1.165) is 17.5 Å². The molecular weight excluding hydrogens is 266 g/mol. The van der Waals surface area contributed by atoms with Gasteiger partial charge in [0.05, 0.1) is 5.52 Å². The number of benzene rings is 1. The van der Waals surface area contributed by atoms with E-state index in [0.29, 0.717) is 0 Å². The van der Waals surface area contributed by atoms with E-state index in [1.54, 1.807) is 11.5 Å². The van der Waals surface area contributed by atoms with Gasteiger partial charge in [0.1, 0.15) is 5.00 Å². The van der Waals surface area contributed by atoms with Crippen molar-refractivity contribution >= 4 is 27.4 Å². The number of anilines is 1. The van der Waals surface area contributed by atoms with Gasteiger partial charge in [0.15, 0.2) is 0 Å². The zero-order chi connectivity index (χ0) is 13.4. The molecule has 3 nitrogen and oxygen atoms in total. The Morgan fingerprint density at radius 1 is 1.15 bits per heavy atom. The van der Waals surface area contributed by atoms with Crippen LogP contribution in [0.15, 0.2) is 24.3 Å².